The van der Waals surface area contributed by atoms with Crippen molar-refractivity contribution < 1.29 is 0 Å². The number of pyridine rings is 1. The van der Waals surface area contributed by atoms with Crippen LogP contribution in [0, 0.1) is 0 Å². The van der Waals surface area contributed by atoms with Crippen molar-refractivity contribution in [3.63, 3.8) is 0 Å². The summed E-state index contributed by atoms with van der Waals surface area (Å²) in [6, 6.07) is 13.0. The van der Waals surface area contributed by atoms with E-state index in [0.29, 0.717) is 0 Å². The van der Waals surface area contributed by atoms with Gasteiger partial charge in [0.1, 0.15) is 0 Å². The van der Waals surface area contributed by atoms with Gasteiger partial charge in [-0.3, -0.25) is 9.88 Å². The smallest absolute Gasteiger partial charge is 0.0312 e. The summed E-state index contributed by atoms with van der Waals surface area (Å²) in [6.07, 6.45) is 6.22. The summed E-state index contributed by atoms with van der Waals surface area (Å²) in [4.78, 5) is 6.70. The van der Waals surface area contributed by atoms with Crippen LogP contribution in [0.2, 0.25) is 0 Å². The quantitative estimate of drug-likeness (QED) is 0.854. The lowest BCUT2D eigenvalue weighted by Crippen LogP contribution is -2.31. The summed E-state index contributed by atoms with van der Waals surface area (Å²) in [6.45, 7) is 5.32. The van der Waals surface area contributed by atoms with E-state index in [2.05, 4.69) is 45.5 Å². The van der Waals surface area contributed by atoms with Gasteiger partial charge in [0.2, 0.25) is 0 Å². The van der Waals surface area contributed by atoms with Gasteiger partial charge in [-0.1, -0.05) is 30.3 Å². The summed E-state index contributed by atoms with van der Waals surface area (Å²) < 4.78 is 0. The van der Waals surface area contributed by atoms with Crippen LogP contribution >= 0.6 is 0 Å². The van der Waals surface area contributed by atoms with Gasteiger partial charge < -0.3 is 5.32 Å². The fraction of sp³-hybridized carbons (Fsp3) is 0.389. The fourth-order valence-electron chi connectivity index (χ4n) is 2.93. The lowest BCUT2D eigenvalue weighted by atomic mass is 10.0. The maximum Gasteiger partial charge on any atom is 0.0312 e. The molecule has 1 N–H and O–H groups in total. The molecule has 1 aliphatic rings. The maximum atomic E-state index is 4.14. The van der Waals surface area contributed by atoms with Crippen LogP contribution in [-0.2, 0) is 19.5 Å². The average molecular weight is 281 g/mol. The summed E-state index contributed by atoms with van der Waals surface area (Å²) in [5, 5.41) is 3.51. The van der Waals surface area contributed by atoms with Crippen LogP contribution in [0.15, 0.2) is 48.8 Å². The summed E-state index contributed by atoms with van der Waals surface area (Å²) in [7, 11) is 0. The lowest BCUT2D eigenvalue weighted by Gasteiger charge is -2.20. The van der Waals surface area contributed by atoms with Crippen LogP contribution in [0.4, 0.5) is 0 Å². The molecule has 3 heteroatoms. The van der Waals surface area contributed by atoms with Gasteiger partial charge >= 0.3 is 0 Å². The van der Waals surface area contributed by atoms with Gasteiger partial charge in [-0.25, -0.2) is 0 Å². The van der Waals surface area contributed by atoms with E-state index < -0.39 is 0 Å². The second-order valence-corrected chi connectivity index (χ2v) is 5.69. The Morgan fingerprint density at radius 1 is 1.10 bits per heavy atom. The molecule has 1 aliphatic heterocycles. The number of rotatable bonds is 5. The highest BCUT2D eigenvalue weighted by atomic mass is 15.1. The van der Waals surface area contributed by atoms with Crippen molar-refractivity contribution in [1.82, 2.24) is 15.2 Å². The molecule has 0 unspecified atom stereocenters. The van der Waals surface area contributed by atoms with E-state index in [1.807, 2.05) is 18.5 Å². The second-order valence-electron chi connectivity index (χ2n) is 5.69. The van der Waals surface area contributed by atoms with E-state index >= 15 is 0 Å². The highest BCUT2D eigenvalue weighted by molar-refractivity contribution is 5.28. The third-order valence-corrected chi connectivity index (χ3v) is 4.09. The Kier molecular flexibility index (Phi) is 4.98. The molecule has 0 spiro atoms. The topological polar surface area (TPSA) is 28.2 Å². The molecule has 0 fully saturated rings. The van der Waals surface area contributed by atoms with Gasteiger partial charge in [-0.05, 0) is 42.1 Å². The highest BCUT2D eigenvalue weighted by Gasteiger charge is 2.13. The SMILES string of the molecule is c1cncc(CNCCN2CCCc3ccccc3C2)c1. The molecule has 0 bridgehead atoms. The van der Waals surface area contributed by atoms with E-state index in [0.717, 1.165) is 26.2 Å². The first-order chi connectivity index (χ1) is 10.4. The number of benzene rings is 1. The fourth-order valence-corrected chi connectivity index (χ4v) is 2.93. The number of fused-ring (bicyclic) bond motifs is 1. The largest absolute Gasteiger partial charge is 0.311 e. The highest BCUT2D eigenvalue weighted by Crippen LogP contribution is 2.17. The van der Waals surface area contributed by atoms with Crippen molar-refractivity contribution in [2.45, 2.75) is 25.9 Å². The molecule has 2 heterocycles. The van der Waals surface area contributed by atoms with Crippen LogP contribution in [-0.4, -0.2) is 29.5 Å². The molecule has 0 amide bonds. The molecule has 3 rings (SSSR count). The van der Waals surface area contributed by atoms with Crippen molar-refractivity contribution >= 4 is 0 Å². The Bertz CT molecular complexity index is 553. The third-order valence-electron chi connectivity index (χ3n) is 4.09. The second kappa shape index (κ2) is 7.34. The van der Waals surface area contributed by atoms with Crippen LogP contribution in [0.1, 0.15) is 23.1 Å². The van der Waals surface area contributed by atoms with Crippen molar-refractivity contribution in [3.8, 4) is 0 Å². The Hall–Kier alpha value is -1.71. The molecule has 0 radical (unpaired) electrons. The number of aryl methyl sites for hydroxylation is 1. The van der Waals surface area contributed by atoms with Gasteiger partial charge in [-0.2, -0.15) is 0 Å². The minimum atomic E-state index is 0.901. The average Bonchev–Trinajstić information content (AvgIpc) is 2.74. The first-order valence-corrected chi connectivity index (χ1v) is 7.80. The molecule has 0 atom stereocenters. The zero-order valence-electron chi connectivity index (χ0n) is 12.5. The normalized spacial score (nSPS) is 15.4. The Balaban J connectivity index is 1.45. The van der Waals surface area contributed by atoms with Gasteiger partial charge in [0, 0.05) is 38.6 Å². The molecule has 0 saturated heterocycles. The minimum Gasteiger partial charge on any atom is -0.311 e. The van der Waals surface area contributed by atoms with Gasteiger partial charge in [-0.15, -0.1) is 0 Å². The van der Waals surface area contributed by atoms with Gasteiger partial charge in [0.25, 0.3) is 0 Å². The van der Waals surface area contributed by atoms with Crippen molar-refractivity contribution in [3.05, 3.63) is 65.5 Å². The monoisotopic (exact) mass is 281 g/mol. The Labute approximate surface area is 127 Å². The maximum absolute atomic E-state index is 4.14. The molecular weight excluding hydrogens is 258 g/mol. The Morgan fingerprint density at radius 3 is 2.86 bits per heavy atom. The summed E-state index contributed by atoms with van der Waals surface area (Å²) in [5.74, 6) is 0. The van der Waals surface area contributed by atoms with Gasteiger partial charge in [0.15, 0.2) is 0 Å². The summed E-state index contributed by atoms with van der Waals surface area (Å²) in [5.41, 5.74) is 4.28. The van der Waals surface area contributed by atoms with E-state index in [-0.39, 0.29) is 0 Å². The van der Waals surface area contributed by atoms with Crippen molar-refractivity contribution in [2.75, 3.05) is 19.6 Å². The van der Waals surface area contributed by atoms with E-state index in [1.54, 1.807) is 0 Å². The van der Waals surface area contributed by atoms with Crippen molar-refractivity contribution in [1.29, 1.82) is 0 Å². The Morgan fingerprint density at radius 2 is 2.00 bits per heavy atom. The summed E-state index contributed by atoms with van der Waals surface area (Å²) >= 11 is 0. The molecule has 1 aromatic carbocycles. The molecular formula is C18H23N3. The molecule has 0 saturated carbocycles. The number of hydrogen-bond donors (Lipinski definition) is 1. The van der Waals surface area contributed by atoms with Crippen LogP contribution in [0.3, 0.4) is 0 Å². The number of aromatic nitrogens is 1. The lowest BCUT2D eigenvalue weighted by molar-refractivity contribution is 0.269. The number of nitrogens with one attached hydrogen (secondary N) is 1. The zero-order chi connectivity index (χ0) is 14.3. The van der Waals surface area contributed by atoms with Crippen molar-refractivity contribution in [2.24, 2.45) is 0 Å². The minimum absolute atomic E-state index is 0.901. The molecule has 0 aliphatic carbocycles. The standard InChI is InChI=1S/C18H23N3/c1-2-7-18-15-21(11-4-8-17(18)6-1)12-10-20-14-16-5-3-9-19-13-16/h1-3,5-7,9,13,20H,4,8,10-12,14-15H2. The van der Waals surface area contributed by atoms with E-state index in [1.165, 1.54) is 36.1 Å². The number of hydrogen-bond acceptors (Lipinski definition) is 3. The van der Waals surface area contributed by atoms with E-state index in [4.69, 9.17) is 0 Å². The zero-order valence-corrected chi connectivity index (χ0v) is 12.5. The third kappa shape index (κ3) is 4.13. The van der Waals surface area contributed by atoms with Crippen LogP contribution in [0.5, 0.6) is 0 Å². The molecule has 1 aromatic heterocycles. The molecule has 21 heavy (non-hydrogen) atoms. The molecule has 3 nitrogen and oxygen atoms in total. The van der Waals surface area contributed by atoms with Gasteiger partial charge in [0.05, 0.1) is 0 Å². The molecule has 2 aromatic rings. The number of nitrogens with zero attached hydrogens (tertiary/aromatic N) is 2. The van der Waals surface area contributed by atoms with E-state index in [9.17, 15) is 0 Å². The predicted molar refractivity (Wildman–Crippen MR) is 86.0 cm³/mol. The first-order valence-electron chi connectivity index (χ1n) is 7.80. The first kappa shape index (κ1) is 14.2. The predicted octanol–water partition coefficient (Wildman–Crippen LogP) is 2.62. The van der Waals surface area contributed by atoms with Crippen LogP contribution in [0.25, 0.3) is 0 Å². The van der Waals surface area contributed by atoms with Crippen LogP contribution < -0.4 is 5.32 Å². The molecule has 110 valence electrons.